The van der Waals surface area contributed by atoms with Crippen LogP contribution in [0.4, 0.5) is 0 Å². The highest BCUT2D eigenvalue weighted by Gasteiger charge is 2.06. The summed E-state index contributed by atoms with van der Waals surface area (Å²) in [5, 5.41) is 4.03. The number of methoxy groups -OCH3 is 1. The molecule has 0 heterocycles. The standard InChI is InChI=1S/C12H18ClNO/c1-9(2)7-14-8-10-5-4-6-11(13)12(10)15-3/h4-6,9,14H,7-8H2,1-3H3. The number of ether oxygens (including phenoxy) is 1. The number of hydrogen-bond donors (Lipinski definition) is 1. The third-order valence-corrected chi connectivity index (χ3v) is 2.42. The number of para-hydroxylation sites is 1. The predicted molar refractivity (Wildman–Crippen MR) is 64.5 cm³/mol. The number of hydrogen-bond acceptors (Lipinski definition) is 2. The second-order valence-corrected chi connectivity index (χ2v) is 4.36. The maximum Gasteiger partial charge on any atom is 0.141 e. The number of rotatable bonds is 5. The number of benzene rings is 1. The van der Waals surface area contributed by atoms with Crippen LogP contribution in [0.2, 0.25) is 5.02 Å². The first-order valence-corrected chi connectivity index (χ1v) is 5.55. The molecule has 15 heavy (non-hydrogen) atoms. The third-order valence-electron chi connectivity index (χ3n) is 2.12. The zero-order valence-electron chi connectivity index (χ0n) is 9.51. The summed E-state index contributed by atoms with van der Waals surface area (Å²) in [5.74, 6) is 1.42. The minimum Gasteiger partial charge on any atom is -0.495 e. The molecular weight excluding hydrogens is 210 g/mol. The van der Waals surface area contributed by atoms with Crippen molar-refractivity contribution >= 4 is 11.6 Å². The molecule has 0 amide bonds. The zero-order valence-corrected chi connectivity index (χ0v) is 10.3. The van der Waals surface area contributed by atoms with E-state index in [1.807, 2.05) is 18.2 Å². The third kappa shape index (κ3) is 3.73. The Labute approximate surface area is 96.6 Å². The van der Waals surface area contributed by atoms with E-state index < -0.39 is 0 Å². The van der Waals surface area contributed by atoms with Gasteiger partial charge in [-0.25, -0.2) is 0 Å². The minimum atomic E-state index is 0.648. The molecule has 0 atom stereocenters. The number of halogens is 1. The summed E-state index contributed by atoms with van der Waals surface area (Å²) < 4.78 is 5.26. The van der Waals surface area contributed by atoms with Crippen molar-refractivity contribution < 1.29 is 4.74 Å². The lowest BCUT2D eigenvalue weighted by atomic mass is 10.2. The monoisotopic (exact) mass is 227 g/mol. The maximum absolute atomic E-state index is 6.02. The highest BCUT2D eigenvalue weighted by atomic mass is 35.5. The summed E-state index contributed by atoms with van der Waals surface area (Å²) in [5.41, 5.74) is 1.10. The first kappa shape index (κ1) is 12.3. The van der Waals surface area contributed by atoms with Crippen molar-refractivity contribution in [3.63, 3.8) is 0 Å². The highest BCUT2D eigenvalue weighted by molar-refractivity contribution is 6.32. The second kappa shape index (κ2) is 5.99. The van der Waals surface area contributed by atoms with Crippen molar-refractivity contribution in [2.45, 2.75) is 20.4 Å². The average Bonchev–Trinajstić information content (AvgIpc) is 2.17. The summed E-state index contributed by atoms with van der Waals surface area (Å²) in [6.45, 7) is 6.15. The van der Waals surface area contributed by atoms with Crippen LogP contribution in [0.1, 0.15) is 19.4 Å². The molecule has 0 saturated carbocycles. The largest absolute Gasteiger partial charge is 0.495 e. The second-order valence-electron chi connectivity index (χ2n) is 3.96. The van der Waals surface area contributed by atoms with Gasteiger partial charge in [-0.2, -0.15) is 0 Å². The first-order valence-electron chi connectivity index (χ1n) is 5.17. The van der Waals surface area contributed by atoms with Crippen LogP contribution in [-0.2, 0) is 6.54 Å². The minimum absolute atomic E-state index is 0.648. The SMILES string of the molecule is COc1c(Cl)cccc1CNCC(C)C. The quantitative estimate of drug-likeness (QED) is 0.835. The lowest BCUT2D eigenvalue weighted by Gasteiger charge is -2.12. The predicted octanol–water partition coefficient (Wildman–Crippen LogP) is 3.09. The van der Waals surface area contributed by atoms with Gasteiger partial charge in [0.05, 0.1) is 12.1 Å². The van der Waals surface area contributed by atoms with Gasteiger partial charge in [-0.15, -0.1) is 0 Å². The summed E-state index contributed by atoms with van der Waals surface area (Å²) in [6, 6.07) is 5.81. The Morgan fingerprint density at radius 1 is 1.40 bits per heavy atom. The summed E-state index contributed by atoms with van der Waals surface area (Å²) in [4.78, 5) is 0. The normalized spacial score (nSPS) is 10.7. The summed E-state index contributed by atoms with van der Waals surface area (Å²) >= 11 is 6.02. The molecule has 1 aromatic carbocycles. The van der Waals surface area contributed by atoms with Crippen LogP contribution in [0, 0.1) is 5.92 Å². The Balaban J connectivity index is 2.64. The molecule has 0 aliphatic rings. The van der Waals surface area contributed by atoms with Crippen LogP contribution in [-0.4, -0.2) is 13.7 Å². The molecular formula is C12H18ClNO. The molecule has 3 heteroatoms. The Morgan fingerprint density at radius 3 is 2.73 bits per heavy atom. The molecule has 0 unspecified atom stereocenters. The Hall–Kier alpha value is -0.730. The zero-order chi connectivity index (χ0) is 11.3. The van der Waals surface area contributed by atoms with Crippen LogP contribution in [0.25, 0.3) is 0 Å². The molecule has 0 saturated heterocycles. The fourth-order valence-corrected chi connectivity index (χ4v) is 1.69. The van der Waals surface area contributed by atoms with E-state index in [1.165, 1.54) is 0 Å². The molecule has 0 bridgehead atoms. The lowest BCUT2D eigenvalue weighted by Crippen LogP contribution is -2.19. The van der Waals surface area contributed by atoms with E-state index in [2.05, 4.69) is 19.2 Å². The van der Waals surface area contributed by atoms with Crippen molar-refractivity contribution in [3.05, 3.63) is 28.8 Å². The topological polar surface area (TPSA) is 21.3 Å². The molecule has 1 aromatic rings. The Kier molecular flexibility index (Phi) is 4.92. The van der Waals surface area contributed by atoms with Gasteiger partial charge in [0, 0.05) is 12.1 Å². The van der Waals surface area contributed by atoms with Gasteiger partial charge in [-0.3, -0.25) is 0 Å². The smallest absolute Gasteiger partial charge is 0.141 e. The van der Waals surface area contributed by atoms with Crippen LogP contribution >= 0.6 is 11.6 Å². The molecule has 0 aromatic heterocycles. The van der Waals surface area contributed by atoms with E-state index in [4.69, 9.17) is 16.3 Å². The molecule has 0 aliphatic heterocycles. The fraction of sp³-hybridized carbons (Fsp3) is 0.500. The van der Waals surface area contributed by atoms with Gasteiger partial charge in [-0.1, -0.05) is 37.6 Å². The van der Waals surface area contributed by atoms with Crippen LogP contribution < -0.4 is 10.1 Å². The van der Waals surface area contributed by atoms with Crippen molar-refractivity contribution in [2.24, 2.45) is 5.92 Å². The van der Waals surface area contributed by atoms with Gasteiger partial charge < -0.3 is 10.1 Å². The van der Waals surface area contributed by atoms with E-state index in [0.717, 1.165) is 24.4 Å². The van der Waals surface area contributed by atoms with E-state index in [-0.39, 0.29) is 0 Å². The van der Waals surface area contributed by atoms with Crippen LogP contribution in [0.3, 0.4) is 0 Å². The van der Waals surface area contributed by atoms with Gasteiger partial charge in [0.25, 0.3) is 0 Å². The molecule has 0 spiro atoms. The fourth-order valence-electron chi connectivity index (χ4n) is 1.42. The van der Waals surface area contributed by atoms with Crippen molar-refractivity contribution in [3.8, 4) is 5.75 Å². The molecule has 0 radical (unpaired) electrons. The Bertz CT molecular complexity index is 312. The highest BCUT2D eigenvalue weighted by Crippen LogP contribution is 2.27. The first-order chi connectivity index (χ1) is 7.15. The van der Waals surface area contributed by atoms with Gasteiger partial charge in [-0.05, 0) is 18.5 Å². The van der Waals surface area contributed by atoms with Crippen LogP contribution in [0.15, 0.2) is 18.2 Å². The van der Waals surface area contributed by atoms with Gasteiger partial charge in [0.15, 0.2) is 0 Å². The summed E-state index contributed by atoms with van der Waals surface area (Å²) in [7, 11) is 1.65. The van der Waals surface area contributed by atoms with Crippen molar-refractivity contribution in [1.29, 1.82) is 0 Å². The van der Waals surface area contributed by atoms with E-state index >= 15 is 0 Å². The van der Waals surface area contributed by atoms with E-state index in [1.54, 1.807) is 7.11 Å². The molecule has 1 N–H and O–H groups in total. The van der Waals surface area contributed by atoms with Crippen LogP contribution in [0.5, 0.6) is 5.75 Å². The average molecular weight is 228 g/mol. The molecule has 0 aliphatic carbocycles. The maximum atomic E-state index is 6.02. The van der Waals surface area contributed by atoms with Gasteiger partial charge >= 0.3 is 0 Å². The lowest BCUT2D eigenvalue weighted by molar-refractivity contribution is 0.407. The van der Waals surface area contributed by atoms with Gasteiger partial charge in [0.1, 0.15) is 5.75 Å². The number of nitrogens with one attached hydrogen (secondary N) is 1. The molecule has 1 rings (SSSR count). The van der Waals surface area contributed by atoms with Crippen molar-refractivity contribution in [2.75, 3.05) is 13.7 Å². The summed E-state index contributed by atoms with van der Waals surface area (Å²) in [6.07, 6.45) is 0. The van der Waals surface area contributed by atoms with Crippen molar-refractivity contribution in [1.82, 2.24) is 5.32 Å². The Morgan fingerprint density at radius 2 is 2.13 bits per heavy atom. The molecule has 84 valence electrons. The van der Waals surface area contributed by atoms with Gasteiger partial charge in [0.2, 0.25) is 0 Å². The van der Waals surface area contributed by atoms with E-state index in [9.17, 15) is 0 Å². The molecule has 2 nitrogen and oxygen atoms in total. The molecule has 0 fully saturated rings. The van der Waals surface area contributed by atoms with E-state index in [0.29, 0.717) is 10.9 Å².